The SMILES string of the molecule is CC(c1c(F)ccc(Cl)c1F)N1CCn2cc(O)c(=O)cc2C1. The minimum Gasteiger partial charge on any atom is -0.503 e. The van der Waals surface area contributed by atoms with E-state index in [1.807, 2.05) is 4.90 Å². The van der Waals surface area contributed by atoms with E-state index in [9.17, 15) is 18.7 Å². The van der Waals surface area contributed by atoms with Gasteiger partial charge in [0.25, 0.3) is 0 Å². The van der Waals surface area contributed by atoms with Gasteiger partial charge in [0.05, 0.1) is 11.2 Å². The summed E-state index contributed by atoms with van der Waals surface area (Å²) in [7, 11) is 0. The van der Waals surface area contributed by atoms with Crippen molar-refractivity contribution >= 4 is 11.6 Å². The molecule has 0 bridgehead atoms. The first kappa shape index (κ1) is 16.0. The molecule has 2 aromatic rings. The number of pyridine rings is 1. The van der Waals surface area contributed by atoms with Crippen molar-refractivity contribution in [1.29, 1.82) is 0 Å². The molecule has 1 aliphatic heterocycles. The van der Waals surface area contributed by atoms with E-state index in [1.165, 1.54) is 18.3 Å². The van der Waals surface area contributed by atoms with Crippen molar-refractivity contribution in [2.75, 3.05) is 6.54 Å². The Kier molecular flexibility index (Phi) is 4.12. The molecule has 7 heteroatoms. The Morgan fingerprint density at radius 3 is 2.78 bits per heavy atom. The smallest absolute Gasteiger partial charge is 0.223 e. The summed E-state index contributed by atoms with van der Waals surface area (Å²) in [6.45, 7) is 3.09. The molecule has 1 aliphatic rings. The molecule has 1 aromatic carbocycles. The van der Waals surface area contributed by atoms with Crippen LogP contribution in [0.1, 0.15) is 24.2 Å². The fourth-order valence-electron chi connectivity index (χ4n) is 2.91. The third-order valence-corrected chi connectivity index (χ3v) is 4.53. The van der Waals surface area contributed by atoms with E-state index in [0.717, 1.165) is 6.07 Å². The molecule has 1 atom stereocenters. The maximum atomic E-state index is 14.2. The van der Waals surface area contributed by atoms with E-state index in [1.54, 1.807) is 11.5 Å². The van der Waals surface area contributed by atoms with E-state index in [4.69, 9.17) is 11.6 Å². The van der Waals surface area contributed by atoms with Crippen molar-refractivity contribution in [3.63, 3.8) is 0 Å². The molecule has 0 saturated heterocycles. The second kappa shape index (κ2) is 5.94. The second-order valence-electron chi connectivity index (χ2n) is 5.61. The largest absolute Gasteiger partial charge is 0.503 e. The number of aromatic nitrogens is 1. The van der Waals surface area contributed by atoms with Gasteiger partial charge in [0.15, 0.2) is 5.75 Å². The van der Waals surface area contributed by atoms with Crippen molar-refractivity contribution in [1.82, 2.24) is 9.47 Å². The van der Waals surface area contributed by atoms with Crippen LogP contribution in [0.5, 0.6) is 5.75 Å². The molecular weight excluding hydrogens is 326 g/mol. The monoisotopic (exact) mass is 340 g/mol. The lowest BCUT2D eigenvalue weighted by atomic mass is 10.0. The van der Waals surface area contributed by atoms with E-state index in [-0.39, 0.29) is 16.3 Å². The van der Waals surface area contributed by atoms with Crippen molar-refractivity contribution in [3.05, 3.63) is 62.5 Å². The molecule has 0 spiro atoms. The van der Waals surface area contributed by atoms with Gasteiger partial charge in [0.1, 0.15) is 11.6 Å². The molecule has 1 aromatic heterocycles. The third-order valence-electron chi connectivity index (χ3n) is 4.24. The van der Waals surface area contributed by atoms with Crippen LogP contribution in [0.4, 0.5) is 8.78 Å². The topological polar surface area (TPSA) is 45.5 Å². The van der Waals surface area contributed by atoms with Crippen molar-refractivity contribution in [2.24, 2.45) is 0 Å². The Balaban J connectivity index is 1.93. The highest BCUT2D eigenvalue weighted by atomic mass is 35.5. The van der Waals surface area contributed by atoms with Gasteiger partial charge in [0.2, 0.25) is 5.43 Å². The van der Waals surface area contributed by atoms with E-state index < -0.39 is 23.1 Å². The van der Waals surface area contributed by atoms with Crippen LogP contribution in [0.2, 0.25) is 5.02 Å². The second-order valence-corrected chi connectivity index (χ2v) is 6.02. The molecule has 4 nitrogen and oxygen atoms in total. The van der Waals surface area contributed by atoms with Gasteiger partial charge < -0.3 is 9.67 Å². The van der Waals surface area contributed by atoms with Crippen molar-refractivity contribution in [3.8, 4) is 5.75 Å². The molecule has 0 radical (unpaired) electrons. The zero-order valence-corrected chi connectivity index (χ0v) is 13.1. The zero-order valence-electron chi connectivity index (χ0n) is 12.4. The summed E-state index contributed by atoms with van der Waals surface area (Å²) in [5, 5.41) is 9.35. The number of nitrogens with zero attached hydrogens (tertiary/aromatic N) is 2. The zero-order chi connectivity index (χ0) is 16.7. The van der Waals surface area contributed by atoms with Gasteiger partial charge in [0, 0.05) is 43.0 Å². The van der Waals surface area contributed by atoms with E-state index in [0.29, 0.717) is 25.3 Å². The van der Waals surface area contributed by atoms with Gasteiger partial charge in [-0.3, -0.25) is 9.69 Å². The number of rotatable bonds is 2. The number of hydrogen-bond donors (Lipinski definition) is 1. The van der Waals surface area contributed by atoms with Gasteiger partial charge in [-0.2, -0.15) is 0 Å². The highest BCUT2D eigenvalue weighted by molar-refractivity contribution is 6.30. The number of aromatic hydroxyl groups is 1. The first-order valence-electron chi connectivity index (χ1n) is 7.18. The van der Waals surface area contributed by atoms with Crippen LogP contribution < -0.4 is 5.43 Å². The van der Waals surface area contributed by atoms with Crippen LogP contribution in [0, 0.1) is 11.6 Å². The van der Waals surface area contributed by atoms with E-state index in [2.05, 4.69) is 0 Å². The Hall–Kier alpha value is -1.92. The maximum absolute atomic E-state index is 14.2. The molecule has 2 heterocycles. The Morgan fingerprint density at radius 1 is 1.30 bits per heavy atom. The summed E-state index contributed by atoms with van der Waals surface area (Å²) >= 11 is 5.75. The lowest BCUT2D eigenvalue weighted by Gasteiger charge is -2.35. The highest BCUT2D eigenvalue weighted by Gasteiger charge is 2.27. The maximum Gasteiger partial charge on any atom is 0.223 e. The summed E-state index contributed by atoms with van der Waals surface area (Å²) in [6, 6.07) is 3.15. The predicted octanol–water partition coefficient (Wildman–Crippen LogP) is 3.06. The molecule has 0 saturated carbocycles. The van der Waals surface area contributed by atoms with Crippen molar-refractivity contribution < 1.29 is 13.9 Å². The van der Waals surface area contributed by atoms with Gasteiger partial charge >= 0.3 is 0 Å². The first-order chi connectivity index (χ1) is 10.9. The summed E-state index contributed by atoms with van der Waals surface area (Å²) in [5.74, 6) is -1.71. The van der Waals surface area contributed by atoms with Crippen LogP contribution in [-0.4, -0.2) is 21.1 Å². The predicted molar refractivity (Wildman–Crippen MR) is 82.6 cm³/mol. The Labute approximate surface area is 136 Å². The first-order valence-corrected chi connectivity index (χ1v) is 7.56. The van der Waals surface area contributed by atoms with Crippen molar-refractivity contribution in [2.45, 2.75) is 26.1 Å². The lowest BCUT2D eigenvalue weighted by molar-refractivity contribution is 0.159. The van der Waals surface area contributed by atoms with Gasteiger partial charge in [-0.05, 0) is 19.1 Å². The van der Waals surface area contributed by atoms with Gasteiger partial charge in [-0.1, -0.05) is 11.6 Å². The highest BCUT2D eigenvalue weighted by Crippen LogP contribution is 2.31. The molecule has 23 heavy (non-hydrogen) atoms. The lowest BCUT2D eigenvalue weighted by Crippen LogP contribution is -2.37. The molecule has 0 amide bonds. The van der Waals surface area contributed by atoms with Crippen LogP contribution in [-0.2, 0) is 13.1 Å². The van der Waals surface area contributed by atoms with Gasteiger partial charge in [-0.15, -0.1) is 0 Å². The normalized spacial score (nSPS) is 16.2. The van der Waals surface area contributed by atoms with Gasteiger partial charge in [-0.25, -0.2) is 8.78 Å². The number of halogens is 3. The van der Waals surface area contributed by atoms with Crippen LogP contribution in [0.3, 0.4) is 0 Å². The average molecular weight is 341 g/mol. The molecular formula is C16H15ClF2N2O2. The Morgan fingerprint density at radius 2 is 2.04 bits per heavy atom. The summed E-state index contributed by atoms with van der Waals surface area (Å²) in [6.07, 6.45) is 1.39. The minimum absolute atomic E-state index is 0.0768. The Bertz CT molecular complexity index is 822. The molecule has 122 valence electrons. The minimum atomic E-state index is -0.757. The number of fused-ring (bicyclic) bond motifs is 1. The molecule has 1 N–H and O–H groups in total. The molecule has 3 rings (SSSR count). The summed E-state index contributed by atoms with van der Waals surface area (Å²) < 4.78 is 30.0. The van der Waals surface area contributed by atoms with Crippen LogP contribution >= 0.6 is 11.6 Å². The van der Waals surface area contributed by atoms with E-state index >= 15 is 0 Å². The van der Waals surface area contributed by atoms with Crippen LogP contribution in [0.25, 0.3) is 0 Å². The molecule has 0 aliphatic carbocycles. The summed E-state index contributed by atoms with van der Waals surface area (Å²) in [5.41, 5.74) is 0.145. The van der Waals surface area contributed by atoms with Crippen LogP contribution in [0.15, 0.2) is 29.2 Å². The number of benzene rings is 1. The third kappa shape index (κ3) is 2.84. The molecule has 1 unspecified atom stereocenters. The standard InChI is InChI=1S/C16H15ClF2N2O2/c1-9(15-12(18)3-2-11(17)16(15)19)20-4-5-21-8-14(23)13(22)6-10(21)7-20/h2-3,6,8-9,23H,4-5,7H2,1H3. The fraction of sp³-hybridized carbons (Fsp3) is 0.312. The average Bonchev–Trinajstić information content (AvgIpc) is 2.52. The summed E-state index contributed by atoms with van der Waals surface area (Å²) in [4.78, 5) is 13.4. The fourth-order valence-corrected chi connectivity index (χ4v) is 3.07. The molecule has 0 fully saturated rings. The quantitative estimate of drug-likeness (QED) is 0.855. The number of hydrogen-bond acceptors (Lipinski definition) is 3.